The maximum Gasteiger partial charge on any atom is 0.0700 e. The molecule has 0 saturated heterocycles. The summed E-state index contributed by atoms with van der Waals surface area (Å²) in [5.41, 5.74) is 2.39. The molecule has 0 bridgehead atoms. The van der Waals surface area contributed by atoms with Gasteiger partial charge in [0, 0.05) is 12.4 Å². The first-order valence-corrected chi connectivity index (χ1v) is 5.01. The van der Waals surface area contributed by atoms with Crippen molar-refractivity contribution in [2.45, 2.75) is 13.3 Å². The molecule has 0 aliphatic carbocycles. The fraction of sp³-hybridized carbons (Fsp3) is 0.300. The van der Waals surface area contributed by atoms with Crippen LogP contribution < -0.4 is 5.30 Å². The number of rotatable bonds is 1. The Morgan fingerprint density at radius 3 is 2.92 bits per heavy atom. The average Bonchev–Trinajstić information content (AvgIpc) is 2.42. The molecular weight excluding hydrogens is 179 g/mol. The predicted molar refractivity (Wildman–Crippen MR) is 59.4 cm³/mol. The Labute approximate surface area is 80.1 Å². The molecule has 0 aliphatic heterocycles. The topological polar surface area (TPSA) is 17.8 Å². The summed E-state index contributed by atoms with van der Waals surface area (Å²) in [7, 11) is 4.71. The lowest BCUT2D eigenvalue weighted by Crippen LogP contribution is -1.91. The Morgan fingerprint density at radius 2 is 2.23 bits per heavy atom. The minimum atomic E-state index is 0.992. The van der Waals surface area contributed by atoms with Gasteiger partial charge in [-0.2, -0.15) is 5.10 Å². The molecule has 2 aromatic rings. The smallest absolute Gasteiger partial charge is 0.0700 e. The number of hydrogen-bond donors (Lipinski definition) is 0. The van der Waals surface area contributed by atoms with E-state index in [1.807, 2.05) is 11.7 Å². The highest BCUT2D eigenvalue weighted by molar-refractivity contribution is 7.27. The van der Waals surface area contributed by atoms with Gasteiger partial charge in [0.25, 0.3) is 0 Å². The monoisotopic (exact) mass is 192 g/mol. The molecular formula is C10H13N2P. The van der Waals surface area contributed by atoms with E-state index >= 15 is 0 Å². The molecule has 1 aromatic heterocycles. The summed E-state index contributed by atoms with van der Waals surface area (Å²) in [4.78, 5) is 0. The van der Waals surface area contributed by atoms with E-state index in [9.17, 15) is 0 Å². The Hall–Kier alpha value is -0.880. The van der Waals surface area contributed by atoms with Crippen molar-refractivity contribution < 1.29 is 0 Å². The number of benzene rings is 1. The highest BCUT2D eigenvalue weighted by Crippen LogP contribution is 2.17. The van der Waals surface area contributed by atoms with Crippen LogP contribution in [-0.2, 0) is 13.5 Å². The largest absolute Gasteiger partial charge is 0.268 e. The van der Waals surface area contributed by atoms with Crippen LogP contribution in [0, 0.1) is 0 Å². The van der Waals surface area contributed by atoms with E-state index < -0.39 is 0 Å². The molecule has 13 heavy (non-hydrogen) atoms. The second-order valence-electron chi connectivity index (χ2n) is 3.20. The fourth-order valence-electron chi connectivity index (χ4n) is 1.62. The van der Waals surface area contributed by atoms with E-state index in [0.29, 0.717) is 0 Å². The SMILES string of the molecule is CCc1nn(C)c2ccc(P)cc12. The van der Waals surface area contributed by atoms with Crippen molar-refractivity contribution >= 4 is 25.4 Å². The van der Waals surface area contributed by atoms with Gasteiger partial charge >= 0.3 is 0 Å². The first kappa shape index (κ1) is 8.71. The zero-order valence-electron chi connectivity index (χ0n) is 7.91. The van der Waals surface area contributed by atoms with Crippen LogP contribution >= 0.6 is 9.24 Å². The van der Waals surface area contributed by atoms with Crippen LogP contribution in [0.5, 0.6) is 0 Å². The third kappa shape index (κ3) is 1.36. The minimum Gasteiger partial charge on any atom is -0.268 e. The fourth-order valence-corrected chi connectivity index (χ4v) is 1.88. The van der Waals surface area contributed by atoms with Gasteiger partial charge in [0.05, 0.1) is 11.2 Å². The quantitative estimate of drug-likeness (QED) is 0.628. The number of nitrogens with zero attached hydrogens (tertiary/aromatic N) is 2. The molecule has 2 rings (SSSR count). The molecule has 68 valence electrons. The summed E-state index contributed by atoms with van der Waals surface area (Å²) >= 11 is 0. The number of aryl methyl sites for hydroxylation is 2. The van der Waals surface area contributed by atoms with Crippen LogP contribution in [0.2, 0.25) is 0 Å². The Balaban J connectivity index is 2.81. The van der Waals surface area contributed by atoms with Crippen molar-refractivity contribution in [3.05, 3.63) is 23.9 Å². The summed E-state index contributed by atoms with van der Waals surface area (Å²) in [6.07, 6.45) is 0.992. The maximum atomic E-state index is 4.46. The Bertz CT molecular complexity index is 445. The molecule has 0 amide bonds. The standard InChI is InChI=1S/C10H13N2P/c1-3-9-8-6-7(13)4-5-10(8)12(2)11-9/h4-6H,3,13H2,1-2H3. The second kappa shape index (κ2) is 3.12. The van der Waals surface area contributed by atoms with Gasteiger partial charge in [-0.1, -0.05) is 13.0 Å². The molecule has 3 heteroatoms. The van der Waals surface area contributed by atoms with Gasteiger partial charge in [0.15, 0.2) is 0 Å². The number of hydrogen-bond acceptors (Lipinski definition) is 1. The van der Waals surface area contributed by atoms with Crippen molar-refractivity contribution in [1.82, 2.24) is 9.78 Å². The van der Waals surface area contributed by atoms with Crippen molar-refractivity contribution in [3.8, 4) is 0 Å². The minimum absolute atomic E-state index is 0.992. The number of fused-ring (bicyclic) bond motifs is 1. The van der Waals surface area contributed by atoms with Crippen LogP contribution in [0.3, 0.4) is 0 Å². The van der Waals surface area contributed by atoms with E-state index in [-0.39, 0.29) is 0 Å². The van der Waals surface area contributed by atoms with Crippen molar-refractivity contribution in [2.24, 2.45) is 7.05 Å². The Morgan fingerprint density at radius 1 is 1.46 bits per heavy atom. The van der Waals surface area contributed by atoms with Gasteiger partial charge in [-0.05, 0) is 23.9 Å². The third-order valence-electron chi connectivity index (χ3n) is 2.29. The molecule has 1 heterocycles. The molecule has 2 nitrogen and oxygen atoms in total. The van der Waals surface area contributed by atoms with E-state index in [1.165, 1.54) is 21.9 Å². The molecule has 1 unspecified atom stereocenters. The van der Waals surface area contributed by atoms with Crippen LogP contribution in [0.4, 0.5) is 0 Å². The van der Waals surface area contributed by atoms with E-state index in [2.05, 4.69) is 39.5 Å². The van der Waals surface area contributed by atoms with Gasteiger partial charge in [-0.15, -0.1) is 9.24 Å². The van der Waals surface area contributed by atoms with Crippen LogP contribution in [0.15, 0.2) is 18.2 Å². The van der Waals surface area contributed by atoms with Crippen molar-refractivity contribution in [3.63, 3.8) is 0 Å². The van der Waals surface area contributed by atoms with E-state index in [4.69, 9.17) is 0 Å². The third-order valence-corrected chi connectivity index (χ3v) is 2.64. The molecule has 0 saturated carbocycles. The van der Waals surface area contributed by atoms with Crippen molar-refractivity contribution in [2.75, 3.05) is 0 Å². The van der Waals surface area contributed by atoms with Gasteiger partial charge in [-0.25, -0.2) is 0 Å². The molecule has 0 radical (unpaired) electrons. The van der Waals surface area contributed by atoms with Gasteiger partial charge in [0.1, 0.15) is 0 Å². The maximum absolute atomic E-state index is 4.46. The zero-order valence-corrected chi connectivity index (χ0v) is 9.07. The summed E-state index contributed by atoms with van der Waals surface area (Å²) in [5.74, 6) is 0. The molecule has 1 atom stereocenters. The second-order valence-corrected chi connectivity index (χ2v) is 3.87. The highest BCUT2D eigenvalue weighted by Gasteiger charge is 2.05. The summed E-state index contributed by atoms with van der Waals surface area (Å²) < 4.78 is 1.94. The average molecular weight is 192 g/mol. The highest BCUT2D eigenvalue weighted by atomic mass is 31.0. The lowest BCUT2D eigenvalue weighted by Gasteiger charge is -1.94. The van der Waals surface area contributed by atoms with Gasteiger partial charge in [0.2, 0.25) is 0 Å². The van der Waals surface area contributed by atoms with Crippen molar-refractivity contribution in [1.29, 1.82) is 0 Å². The number of aromatic nitrogens is 2. The molecule has 0 fully saturated rings. The Kier molecular flexibility index (Phi) is 2.09. The van der Waals surface area contributed by atoms with Gasteiger partial charge in [-0.3, -0.25) is 4.68 Å². The van der Waals surface area contributed by atoms with Crippen LogP contribution in [0.25, 0.3) is 10.9 Å². The van der Waals surface area contributed by atoms with Gasteiger partial charge < -0.3 is 0 Å². The summed E-state index contributed by atoms with van der Waals surface area (Å²) in [6.45, 7) is 2.14. The summed E-state index contributed by atoms with van der Waals surface area (Å²) in [5, 5.41) is 6.95. The van der Waals surface area contributed by atoms with E-state index in [0.717, 1.165) is 6.42 Å². The molecule has 1 aromatic carbocycles. The first-order chi connectivity index (χ1) is 6.22. The predicted octanol–water partition coefficient (Wildman–Crippen LogP) is 1.64. The molecule has 0 spiro atoms. The van der Waals surface area contributed by atoms with E-state index in [1.54, 1.807) is 0 Å². The van der Waals surface area contributed by atoms with Crippen LogP contribution in [-0.4, -0.2) is 9.78 Å². The molecule has 0 N–H and O–H groups in total. The normalized spacial score (nSPS) is 11.0. The lowest BCUT2D eigenvalue weighted by molar-refractivity contribution is 0.770. The lowest BCUT2D eigenvalue weighted by atomic mass is 10.2. The first-order valence-electron chi connectivity index (χ1n) is 4.43. The zero-order chi connectivity index (χ0) is 9.42. The molecule has 0 aliphatic rings. The van der Waals surface area contributed by atoms with Crippen LogP contribution in [0.1, 0.15) is 12.6 Å². The summed E-state index contributed by atoms with van der Waals surface area (Å²) in [6, 6.07) is 6.38.